The maximum absolute atomic E-state index is 11.8. The van der Waals surface area contributed by atoms with Crippen LogP contribution in [0.1, 0.15) is 37.8 Å². The lowest BCUT2D eigenvalue weighted by molar-refractivity contribution is -0.124. The van der Waals surface area contributed by atoms with Gasteiger partial charge in [-0.15, -0.1) is 0 Å². The van der Waals surface area contributed by atoms with E-state index >= 15 is 0 Å². The molecule has 5 heteroatoms. The summed E-state index contributed by atoms with van der Waals surface area (Å²) in [6.07, 6.45) is 1.90. The van der Waals surface area contributed by atoms with E-state index in [1.165, 1.54) is 0 Å². The summed E-state index contributed by atoms with van der Waals surface area (Å²) in [4.78, 5) is 23.3. The van der Waals surface area contributed by atoms with Crippen LogP contribution in [0, 0.1) is 19.8 Å². The summed E-state index contributed by atoms with van der Waals surface area (Å²) in [5, 5.41) is 6.63. The van der Waals surface area contributed by atoms with Gasteiger partial charge in [0.15, 0.2) is 0 Å². The van der Waals surface area contributed by atoms with E-state index in [-0.39, 0.29) is 30.6 Å². The minimum atomic E-state index is -0.261. The van der Waals surface area contributed by atoms with Gasteiger partial charge in [-0.3, -0.25) is 9.59 Å². The van der Waals surface area contributed by atoms with Gasteiger partial charge in [-0.1, -0.05) is 26.0 Å². The molecule has 1 aromatic rings. The zero-order valence-electron chi connectivity index (χ0n) is 13.1. The minimum absolute atomic E-state index is 0.117. The van der Waals surface area contributed by atoms with Gasteiger partial charge >= 0.3 is 0 Å². The zero-order valence-corrected chi connectivity index (χ0v) is 13.1. The van der Waals surface area contributed by atoms with Crippen molar-refractivity contribution in [3.63, 3.8) is 0 Å². The number of anilines is 1. The van der Waals surface area contributed by atoms with Crippen molar-refractivity contribution in [2.24, 2.45) is 11.0 Å². The number of hydrogen-bond donors (Lipinski definition) is 2. The number of aryl methyl sites for hydroxylation is 2. The van der Waals surface area contributed by atoms with Gasteiger partial charge in [0.25, 0.3) is 0 Å². The molecule has 0 aliphatic heterocycles. The first-order valence-corrected chi connectivity index (χ1v) is 7.07. The molecular weight excluding hydrogens is 266 g/mol. The molecule has 0 saturated carbocycles. The lowest BCUT2D eigenvalue weighted by atomic mass is 10.1. The summed E-state index contributed by atoms with van der Waals surface area (Å²) in [6, 6.07) is 5.86. The molecule has 0 saturated heterocycles. The number of hydrogen-bond acceptors (Lipinski definition) is 3. The van der Waals surface area contributed by atoms with Gasteiger partial charge in [0, 0.05) is 24.7 Å². The van der Waals surface area contributed by atoms with Crippen LogP contribution in [-0.4, -0.2) is 18.0 Å². The normalized spacial score (nSPS) is 10.9. The maximum atomic E-state index is 11.8. The van der Waals surface area contributed by atoms with Gasteiger partial charge < -0.3 is 5.32 Å². The first-order chi connectivity index (χ1) is 9.88. The lowest BCUT2D eigenvalue weighted by Crippen LogP contribution is -2.21. The van der Waals surface area contributed by atoms with Crippen molar-refractivity contribution in [1.82, 2.24) is 5.43 Å². The van der Waals surface area contributed by atoms with Crippen LogP contribution in [0.15, 0.2) is 23.3 Å². The molecule has 5 nitrogen and oxygen atoms in total. The van der Waals surface area contributed by atoms with Crippen LogP contribution in [-0.2, 0) is 9.59 Å². The molecule has 1 aromatic carbocycles. The highest BCUT2D eigenvalue weighted by Crippen LogP contribution is 2.16. The highest BCUT2D eigenvalue weighted by Gasteiger charge is 2.08. The van der Waals surface area contributed by atoms with Crippen molar-refractivity contribution >= 4 is 23.7 Å². The lowest BCUT2D eigenvalue weighted by Gasteiger charge is -2.09. The minimum Gasteiger partial charge on any atom is -0.326 e. The standard InChI is InChI=1S/C16H23N3O2/c1-11(2)10-17-19-16(21)8-7-15(20)18-14-9-12(3)5-6-13(14)4/h5-6,9-11H,7-8H2,1-4H3,(H,18,20)(H,19,21). The molecule has 0 fully saturated rings. The van der Waals surface area contributed by atoms with E-state index in [4.69, 9.17) is 0 Å². The summed E-state index contributed by atoms with van der Waals surface area (Å²) in [6.45, 7) is 7.83. The number of hydrazone groups is 1. The van der Waals surface area contributed by atoms with Crippen molar-refractivity contribution in [3.05, 3.63) is 29.3 Å². The second-order valence-electron chi connectivity index (χ2n) is 5.42. The SMILES string of the molecule is Cc1ccc(C)c(NC(=O)CCC(=O)NN=CC(C)C)c1. The van der Waals surface area contributed by atoms with Crippen LogP contribution >= 0.6 is 0 Å². The van der Waals surface area contributed by atoms with Crippen LogP contribution < -0.4 is 10.7 Å². The molecule has 0 unspecified atom stereocenters. The van der Waals surface area contributed by atoms with Gasteiger partial charge in [0.2, 0.25) is 11.8 Å². The van der Waals surface area contributed by atoms with Crippen LogP contribution in [0.5, 0.6) is 0 Å². The predicted molar refractivity (Wildman–Crippen MR) is 85.3 cm³/mol. The topological polar surface area (TPSA) is 70.6 Å². The number of benzene rings is 1. The quantitative estimate of drug-likeness (QED) is 0.624. The van der Waals surface area contributed by atoms with Crippen LogP contribution in [0.3, 0.4) is 0 Å². The first-order valence-electron chi connectivity index (χ1n) is 7.07. The molecular formula is C16H23N3O2. The van der Waals surface area contributed by atoms with Crippen molar-refractivity contribution in [2.45, 2.75) is 40.5 Å². The third-order valence-corrected chi connectivity index (χ3v) is 2.81. The maximum Gasteiger partial charge on any atom is 0.240 e. The number of nitrogens with zero attached hydrogens (tertiary/aromatic N) is 1. The van der Waals surface area contributed by atoms with Crippen molar-refractivity contribution < 1.29 is 9.59 Å². The molecule has 21 heavy (non-hydrogen) atoms. The Morgan fingerprint density at radius 3 is 2.52 bits per heavy atom. The Hall–Kier alpha value is -2.17. The van der Waals surface area contributed by atoms with Gasteiger partial charge in [-0.2, -0.15) is 5.10 Å². The van der Waals surface area contributed by atoms with Crippen molar-refractivity contribution in [1.29, 1.82) is 0 Å². The average molecular weight is 289 g/mol. The molecule has 1 rings (SSSR count). The molecule has 0 spiro atoms. The summed E-state index contributed by atoms with van der Waals surface area (Å²) in [5.74, 6) is -0.160. The molecule has 0 aliphatic carbocycles. The molecule has 0 heterocycles. The van der Waals surface area contributed by atoms with Crippen molar-refractivity contribution in [3.8, 4) is 0 Å². The van der Waals surface area contributed by atoms with Crippen LogP contribution in [0.2, 0.25) is 0 Å². The fourth-order valence-corrected chi connectivity index (χ4v) is 1.62. The Balaban J connectivity index is 2.40. The Kier molecular flexibility index (Phi) is 6.59. The number of carbonyl (C=O) groups excluding carboxylic acids is 2. The van der Waals surface area contributed by atoms with E-state index in [2.05, 4.69) is 15.8 Å². The molecule has 0 aliphatic rings. The number of nitrogens with one attached hydrogen (secondary N) is 2. The molecule has 0 bridgehead atoms. The van der Waals surface area contributed by atoms with E-state index in [1.54, 1.807) is 6.21 Å². The van der Waals surface area contributed by atoms with E-state index in [0.29, 0.717) is 0 Å². The number of rotatable bonds is 6. The summed E-state index contributed by atoms with van der Waals surface area (Å²) in [7, 11) is 0. The molecule has 0 aromatic heterocycles. The largest absolute Gasteiger partial charge is 0.326 e. The predicted octanol–water partition coefficient (Wildman–Crippen LogP) is 2.78. The summed E-state index contributed by atoms with van der Waals surface area (Å²) < 4.78 is 0. The van der Waals surface area contributed by atoms with Gasteiger partial charge in [-0.05, 0) is 37.0 Å². The smallest absolute Gasteiger partial charge is 0.240 e. The highest BCUT2D eigenvalue weighted by molar-refractivity contribution is 5.93. The van der Waals surface area contributed by atoms with Crippen molar-refractivity contribution in [2.75, 3.05) is 5.32 Å². The third-order valence-electron chi connectivity index (χ3n) is 2.81. The number of carbonyl (C=O) groups is 2. The van der Waals surface area contributed by atoms with Crippen LogP contribution in [0.25, 0.3) is 0 Å². The molecule has 114 valence electrons. The molecule has 2 N–H and O–H groups in total. The Labute approximate surface area is 125 Å². The third kappa shape index (κ3) is 6.70. The zero-order chi connectivity index (χ0) is 15.8. The van der Waals surface area contributed by atoms with Gasteiger partial charge in [0.05, 0.1) is 0 Å². The number of amides is 2. The Morgan fingerprint density at radius 1 is 1.19 bits per heavy atom. The van der Waals surface area contributed by atoms with E-state index in [9.17, 15) is 9.59 Å². The molecule has 2 amide bonds. The summed E-state index contributed by atoms with van der Waals surface area (Å²) >= 11 is 0. The Morgan fingerprint density at radius 2 is 1.86 bits per heavy atom. The summed E-state index contributed by atoms with van der Waals surface area (Å²) in [5.41, 5.74) is 5.27. The second kappa shape index (κ2) is 8.19. The fourth-order valence-electron chi connectivity index (χ4n) is 1.62. The molecule has 0 radical (unpaired) electrons. The van der Waals surface area contributed by atoms with E-state index in [0.717, 1.165) is 16.8 Å². The van der Waals surface area contributed by atoms with E-state index < -0.39 is 0 Å². The first kappa shape index (κ1) is 16.9. The second-order valence-corrected chi connectivity index (χ2v) is 5.42. The highest BCUT2D eigenvalue weighted by atomic mass is 16.2. The van der Waals surface area contributed by atoms with Gasteiger partial charge in [-0.25, -0.2) is 5.43 Å². The van der Waals surface area contributed by atoms with E-state index in [1.807, 2.05) is 45.9 Å². The average Bonchev–Trinajstić information content (AvgIpc) is 2.40. The monoisotopic (exact) mass is 289 g/mol. The Bertz CT molecular complexity index is 536. The fraction of sp³-hybridized carbons (Fsp3) is 0.438. The molecule has 0 atom stereocenters. The van der Waals surface area contributed by atoms with Crippen LogP contribution in [0.4, 0.5) is 5.69 Å². The van der Waals surface area contributed by atoms with Gasteiger partial charge in [0.1, 0.15) is 0 Å².